The van der Waals surface area contributed by atoms with Crippen LogP contribution in [0.1, 0.15) is 34.9 Å². The van der Waals surface area contributed by atoms with Crippen molar-refractivity contribution in [1.82, 2.24) is 15.3 Å². The summed E-state index contributed by atoms with van der Waals surface area (Å²) in [5, 5.41) is 3.25. The highest BCUT2D eigenvalue weighted by Crippen LogP contribution is 2.13. The zero-order valence-corrected chi connectivity index (χ0v) is 10.3. The third kappa shape index (κ3) is 2.60. The maximum Gasteiger partial charge on any atom is 0.374 e. The predicted octanol–water partition coefficient (Wildman–Crippen LogP) is 1.64. The first-order valence-electron chi connectivity index (χ1n) is 5.59. The van der Waals surface area contributed by atoms with Crippen LogP contribution >= 0.6 is 0 Å². The van der Waals surface area contributed by atoms with Crippen LogP contribution in [0.25, 0.3) is 0 Å². The van der Waals surface area contributed by atoms with Gasteiger partial charge >= 0.3 is 5.97 Å². The van der Waals surface area contributed by atoms with Crippen molar-refractivity contribution < 1.29 is 13.9 Å². The summed E-state index contributed by atoms with van der Waals surface area (Å²) in [6.07, 6.45) is 4.94. The number of carbonyl (C=O) groups is 1. The molecule has 0 bridgehead atoms. The number of H-pyrrole nitrogens is 1. The number of furan rings is 1. The first kappa shape index (κ1) is 12.4. The van der Waals surface area contributed by atoms with Gasteiger partial charge in [-0.1, -0.05) is 0 Å². The molecule has 2 aromatic rings. The van der Waals surface area contributed by atoms with Crippen LogP contribution in [0.2, 0.25) is 0 Å². The molecule has 0 radical (unpaired) electrons. The monoisotopic (exact) mass is 249 g/mol. The number of aromatic nitrogens is 2. The minimum Gasteiger partial charge on any atom is -0.463 e. The number of aromatic amines is 1. The Bertz CT molecular complexity index is 504. The summed E-state index contributed by atoms with van der Waals surface area (Å²) in [7, 11) is 1.33. The Balaban J connectivity index is 1.98. The second-order valence-electron chi connectivity index (χ2n) is 3.84. The molecular formula is C12H15N3O3. The second-order valence-corrected chi connectivity index (χ2v) is 3.84. The topological polar surface area (TPSA) is 80.2 Å². The highest BCUT2D eigenvalue weighted by Gasteiger charge is 2.16. The molecule has 1 atom stereocenters. The Morgan fingerprint density at radius 3 is 3.17 bits per heavy atom. The van der Waals surface area contributed by atoms with E-state index in [9.17, 15) is 4.79 Å². The van der Waals surface area contributed by atoms with Crippen molar-refractivity contribution in [3.05, 3.63) is 41.9 Å². The van der Waals surface area contributed by atoms with Gasteiger partial charge in [-0.15, -0.1) is 0 Å². The van der Waals surface area contributed by atoms with E-state index < -0.39 is 5.97 Å². The fourth-order valence-corrected chi connectivity index (χ4v) is 1.62. The number of carbonyl (C=O) groups excluding carboxylic acids is 1. The van der Waals surface area contributed by atoms with E-state index in [-0.39, 0.29) is 11.8 Å². The van der Waals surface area contributed by atoms with Crippen molar-refractivity contribution in [2.24, 2.45) is 0 Å². The van der Waals surface area contributed by atoms with E-state index in [4.69, 9.17) is 4.42 Å². The van der Waals surface area contributed by atoms with Gasteiger partial charge in [-0.25, -0.2) is 9.78 Å². The zero-order chi connectivity index (χ0) is 13.0. The summed E-state index contributed by atoms with van der Waals surface area (Å²) in [5.41, 5.74) is 0.764. The smallest absolute Gasteiger partial charge is 0.374 e. The fourth-order valence-electron chi connectivity index (χ4n) is 1.62. The van der Waals surface area contributed by atoms with Crippen LogP contribution in [0, 0.1) is 0 Å². The number of nitrogens with zero attached hydrogens (tertiary/aromatic N) is 1. The van der Waals surface area contributed by atoms with Crippen molar-refractivity contribution in [3.8, 4) is 0 Å². The van der Waals surface area contributed by atoms with Crippen LogP contribution < -0.4 is 5.32 Å². The molecule has 2 N–H and O–H groups in total. The van der Waals surface area contributed by atoms with E-state index in [1.165, 1.54) is 13.4 Å². The molecule has 0 spiro atoms. The molecule has 0 amide bonds. The molecule has 0 aliphatic rings. The highest BCUT2D eigenvalue weighted by atomic mass is 16.5. The van der Waals surface area contributed by atoms with Gasteiger partial charge in [0.15, 0.2) is 0 Å². The third-order valence-corrected chi connectivity index (χ3v) is 2.65. The Hall–Kier alpha value is -2.08. The van der Waals surface area contributed by atoms with Crippen LogP contribution in [-0.4, -0.2) is 23.0 Å². The molecule has 18 heavy (non-hydrogen) atoms. The van der Waals surface area contributed by atoms with Crippen molar-refractivity contribution in [2.75, 3.05) is 7.11 Å². The molecule has 6 heteroatoms. The standard InChI is InChI=1S/C12H15N3O3/c1-8(11-13-4-5-14-11)15-7-9-3-6-18-10(9)12(16)17-2/h3-6,8,15H,7H2,1-2H3,(H,13,14). The maximum atomic E-state index is 11.4. The summed E-state index contributed by atoms with van der Waals surface area (Å²) in [6, 6.07) is 1.80. The lowest BCUT2D eigenvalue weighted by atomic mass is 10.2. The van der Waals surface area contributed by atoms with Crippen LogP contribution in [0.5, 0.6) is 0 Å². The lowest BCUT2D eigenvalue weighted by Gasteiger charge is -2.10. The van der Waals surface area contributed by atoms with Gasteiger partial charge in [0.25, 0.3) is 0 Å². The molecule has 96 valence electrons. The van der Waals surface area contributed by atoms with Gasteiger partial charge in [0, 0.05) is 24.5 Å². The van der Waals surface area contributed by atoms with Gasteiger partial charge in [-0.3, -0.25) is 0 Å². The summed E-state index contributed by atoms with van der Waals surface area (Å²) < 4.78 is 9.74. The van der Waals surface area contributed by atoms with E-state index in [0.717, 1.165) is 11.4 Å². The average Bonchev–Trinajstić information content (AvgIpc) is 3.05. The highest BCUT2D eigenvalue weighted by molar-refractivity contribution is 5.87. The molecule has 0 aromatic carbocycles. The van der Waals surface area contributed by atoms with Crippen LogP contribution in [-0.2, 0) is 11.3 Å². The molecule has 2 heterocycles. The van der Waals surface area contributed by atoms with Crippen molar-refractivity contribution in [1.29, 1.82) is 0 Å². The van der Waals surface area contributed by atoms with Crippen LogP contribution in [0.3, 0.4) is 0 Å². The van der Waals surface area contributed by atoms with Crippen molar-refractivity contribution >= 4 is 5.97 Å². The van der Waals surface area contributed by atoms with Gasteiger partial charge in [0.1, 0.15) is 5.82 Å². The van der Waals surface area contributed by atoms with E-state index in [1.807, 2.05) is 6.92 Å². The molecular weight excluding hydrogens is 234 g/mol. The molecule has 1 unspecified atom stereocenters. The van der Waals surface area contributed by atoms with Crippen molar-refractivity contribution in [3.63, 3.8) is 0 Å². The molecule has 2 rings (SSSR count). The molecule has 2 aromatic heterocycles. The fraction of sp³-hybridized carbons (Fsp3) is 0.333. The summed E-state index contributed by atoms with van der Waals surface area (Å²) in [4.78, 5) is 18.6. The number of hydrogen-bond donors (Lipinski definition) is 2. The third-order valence-electron chi connectivity index (χ3n) is 2.65. The maximum absolute atomic E-state index is 11.4. The predicted molar refractivity (Wildman–Crippen MR) is 63.9 cm³/mol. The van der Waals surface area contributed by atoms with E-state index in [1.54, 1.807) is 18.5 Å². The SMILES string of the molecule is COC(=O)c1occc1CNC(C)c1ncc[nH]1. The van der Waals surface area contributed by atoms with E-state index >= 15 is 0 Å². The van der Waals surface area contributed by atoms with E-state index in [0.29, 0.717) is 6.54 Å². The molecule has 0 fully saturated rings. The van der Waals surface area contributed by atoms with Crippen LogP contribution in [0.4, 0.5) is 0 Å². The number of esters is 1. The number of nitrogens with one attached hydrogen (secondary N) is 2. The minimum absolute atomic E-state index is 0.0559. The van der Waals surface area contributed by atoms with Gasteiger partial charge in [0.05, 0.1) is 19.4 Å². The lowest BCUT2D eigenvalue weighted by Crippen LogP contribution is -2.20. The average molecular weight is 249 g/mol. The largest absolute Gasteiger partial charge is 0.463 e. The normalized spacial score (nSPS) is 12.3. The zero-order valence-electron chi connectivity index (χ0n) is 10.3. The summed E-state index contributed by atoms with van der Waals surface area (Å²) in [5.74, 6) is 0.609. The molecule has 6 nitrogen and oxygen atoms in total. The van der Waals surface area contributed by atoms with Gasteiger partial charge in [0.2, 0.25) is 5.76 Å². The Labute approximate surface area is 104 Å². The molecule has 0 saturated carbocycles. The molecule has 0 aliphatic heterocycles. The first-order chi connectivity index (χ1) is 8.72. The number of hydrogen-bond acceptors (Lipinski definition) is 5. The quantitative estimate of drug-likeness (QED) is 0.787. The Morgan fingerprint density at radius 1 is 1.67 bits per heavy atom. The van der Waals surface area contributed by atoms with Crippen molar-refractivity contribution in [2.45, 2.75) is 19.5 Å². The number of ether oxygens (including phenoxy) is 1. The second kappa shape index (κ2) is 5.50. The number of methoxy groups -OCH3 is 1. The summed E-state index contributed by atoms with van der Waals surface area (Å²) >= 11 is 0. The van der Waals surface area contributed by atoms with E-state index in [2.05, 4.69) is 20.0 Å². The Kier molecular flexibility index (Phi) is 3.78. The summed E-state index contributed by atoms with van der Waals surface area (Å²) in [6.45, 7) is 2.49. The van der Waals surface area contributed by atoms with Gasteiger partial charge in [-0.05, 0) is 13.0 Å². The molecule has 0 saturated heterocycles. The van der Waals surface area contributed by atoms with Crippen LogP contribution in [0.15, 0.2) is 29.1 Å². The minimum atomic E-state index is -0.470. The Morgan fingerprint density at radius 2 is 2.50 bits per heavy atom. The lowest BCUT2D eigenvalue weighted by molar-refractivity contribution is 0.0563. The molecule has 0 aliphatic carbocycles. The number of imidazole rings is 1. The number of rotatable bonds is 5. The van der Waals surface area contributed by atoms with Gasteiger partial charge in [-0.2, -0.15) is 0 Å². The first-order valence-corrected chi connectivity index (χ1v) is 5.59. The van der Waals surface area contributed by atoms with Gasteiger partial charge < -0.3 is 19.5 Å².